The van der Waals surface area contributed by atoms with Crippen LogP contribution in [0.15, 0.2) is 0 Å². The quantitative estimate of drug-likeness (QED) is 0.457. The number of ether oxygens (including phenoxy) is 1. The molecule has 0 radical (unpaired) electrons. The third-order valence-corrected chi connectivity index (χ3v) is 4.53. The van der Waals surface area contributed by atoms with Crippen molar-refractivity contribution in [2.75, 3.05) is 13.7 Å². The van der Waals surface area contributed by atoms with Crippen LogP contribution in [0.4, 0.5) is 0 Å². The van der Waals surface area contributed by atoms with Gasteiger partial charge in [-0.25, -0.2) is 0 Å². The molecule has 0 aromatic rings. The highest BCUT2D eigenvalue weighted by Crippen LogP contribution is 2.36. The lowest BCUT2D eigenvalue weighted by molar-refractivity contribution is 0.0475. The van der Waals surface area contributed by atoms with Crippen LogP contribution in [0, 0.1) is 5.92 Å². The number of hydrogen-bond acceptors (Lipinski definition) is 2. The Morgan fingerprint density at radius 2 is 1.60 bits per heavy atom. The van der Waals surface area contributed by atoms with E-state index in [-0.39, 0.29) is 0 Å². The maximum Gasteiger partial charge on any atom is 0.0752 e. The Labute approximate surface area is 127 Å². The summed E-state index contributed by atoms with van der Waals surface area (Å²) in [6.45, 7) is 5.66. The van der Waals surface area contributed by atoms with Crippen LogP contribution in [0.3, 0.4) is 0 Å². The molecule has 0 heterocycles. The van der Waals surface area contributed by atoms with Crippen molar-refractivity contribution < 1.29 is 4.74 Å². The topological polar surface area (TPSA) is 21.3 Å². The maximum atomic E-state index is 5.78. The van der Waals surface area contributed by atoms with Crippen molar-refractivity contribution in [3.05, 3.63) is 0 Å². The van der Waals surface area contributed by atoms with E-state index in [9.17, 15) is 0 Å². The van der Waals surface area contributed by atoms with Gasteiger partial charge in [0.05, 0.1) is 6.10 Å². The lowest BCUT2D eigenvalue weighted by atomic mass is 9.98. The zero-order valence-electron chi connectivity index (χ0n) is 14.1. The molecule has 1 N–H and O–H groups in total. The van der Waals surface area contributed by atoms with Crippen LogP contribution in [-0.2, 0) is 4.74 Å². The highest BCUT2D eigenvalue weighted by molar-refractivity contribution is 4.90. The molecule has 2 unspecified atom stereocenters. The minimum atomic E-state index is 0.460. The third-order valence-electron chi connectivity index (χ3n) is 4.53. The Balaban J connectivity index is 2.15. The molecule has 1 rings (SSSR count). The molecule has 0 bridgehead atoms. The van der Waals surface area contributed by atoms with Gasteiger partial charge in [0.25, 0.3) is 0 Å². The van der Waals surface area contributed by atoms with E-state index in [1.807, 2.05) is 7.11 Å². The van der Waals surface area contributed by atoms with Gasteiger partial charge >= 0.3 is 0 Å². The van der Waals surface area contributed by atoms with Crippen molar-refractivity contribution in [3.8, 4) is 0 Å². The summed E-state index contributed by atoms with van der Waals surface area (Å²) in [5.41, 5.74) is 0. The van der Waals surface area contributed by atoms with Crippen LogP contribution in [0.1, 0.15) is 84.5 Å². The fourth-order valence-corrected chi connectivity index (χ4v) is 3.14. The van der Waals surface area contributed by atoms with Gasteiger partial charge < -0.3 is 10.1 Å². The number of unbranched alkanes of at least 4 members (excludes halogenated alkanes) is 6. The zero-order chi connectivity index (χ0) is 14.6. The minimum absolute atomic E-state index is 0.460. The molecule has 0 aromatic heterocycles. The maximum absolute atomic E-state index is 5.78. The van der Waals surface area contributed by atoms with Gasteiger partial charge in [-0.3, -0.25) is 0 Å². The first-order valence-corrected chi connectivity index (χ1v) is 9.09. The van der Waals surface area contributed by atoms with Gasteiger partial charge in [0.1, 0.15) is 0 Å². The van der Waals surface area contributed by atoms with Gasteiger partial charge in [-0.05, 0) is 38.1 Å². The summed E-state index contributed by atoms with van der Waals surface area (Å²) in [4.78, 5) is 0. The Morgan fingerprint density at radius 3 is 2.15 bits per heavy atom. The predicted molar refractivity (Wildman–Crippen MR) is 88.2 cm³/mol. The standard InChI is InChI=1S/C18H37NO/c1-4-6-7-8-9-10-11-12-17(19-15-5-2)18(20-3)16-13-14-16/h16-19H,4-15H2,1-3H3. The molecule has 1 aliphatic rings. The molecule has 1 saturated carbocycles. The zero-order valence-corrected chi connectivity index (χ0v) is 14.1. The average molecular weight is 284 g/mol. The van der Waals surface area contributed by atoms with Crippen LogP contribution in [-0.4, -0.2) is 25.8 Å². The minimum Gasteiger partial charge on any atom is -0.380 e. The lowest BCUT2D eigenvalue weighted by Crippen LogP contribution is -2.42. The summed E-state index contributed by atoms with van der Waals surface area (Å²) >= 11 is 0. The molecule has 20 heavy (non-hydrogen) atoms. The van der Waals surface area contributed by atoms with E-state index in [0.29, 0.717) is 12.1 Å². The van der Waals surface area contributed by atoms with Crippen LogP contribution in [0.5, 0.6) is 0 Å². The summed E-state index contributed by atoms with van der Waals surface area (Å²) in [7, 11) is 1.90. The van der Waals surface area contributed by atoms with Crippen LogP contribution in [0.2, 0.25) is 0 Å². The largest absolute Gasteiger partial charge is 0.380 e. The fourth-order valence-electron chi connectivity index (χ4n) is 3.14. The van der Waals surface area contributed by atoms with E-state index in [1.54, 1.807) is 0 Å². The number of rotatable bonds is 14. The van der Waals surface area contributed by atoms with Crippen molar-refractivity contribution in [2.45, 2.75) is 96.6 Å². The normalized spacial score (nSPS) is 18.1. The van der Waals surface area contributed by atoms with Gasteiger partial charge in [-0.15, -0.1) is 0 Å². The molecule has 2 atom stereocenters. The van der Waals surface area contributed by atoms with Gasteiger partial charge in [-0.1, -0.05) is 58.8 Å². The second-order valence-electron chi connectivity index (χ2n) is 6.51. The summed E-state index contributed by atoms with van der Waals surface area (Å²) in [5, 5.41) is 3.73. The number of methoxy groups -OCH3 is 1. The first-order valence-electron chi connectivity index (χ1n) is 9.09. The van der Waals surface area contributed by atoms with Crippen molar-refractivity contribution in [1.82, 2.24) is 5.32 Å². The fraction of sp³-hybridized carbons (Fsp3) is 1.00. The monoisotopic (exact) mass is 283 g/mol. The van der Waals surface area contributed by atoms with Crippen LogP contribution >= 0.6 is 0 Å². The molecule has 2 nitrogen and oxygen atoms in total. The molecular formula is C18H37NO. The SMILES string of the molecule is CCCCCCCCCC(NCCC)C(OC)C1CC1. The number of nitrogens with one attached hydrogen (secondary N) is 1. The molecule has 2 heteroatoms. The highest BCUT2D eigenvalue weighted by Gasteiger charge is 2.36. The Morgan fingerprint density at radius 1 is 0.950 bits per heavy atom. The Kier molecular flexibility index (Phi) is 10.4. The van der Waals surface area contributed by atoms with E-state index < -0.39 is 0 Å². The smallest absolute Gasteiger partial charge is 0.0752 e. The van der Waals surface area contributed by atoms with Crippen LogP contribution in [0.25, 0.3) is 0 Å². The van der Waals surface area contributed by atoms with Gasteiger partial charge in [-0.2, -0.15) is 0 Å². The Bertz CT molecular complexity index is 215. The van der Waals surface area contributed by atoms with E-state index >= 15 is 0 Å². The molecule has 0 spiro atoms. The van der Waals surface area contributed by atoms with Crippen molar-refractivity contribution in [1.29, 1.82) is 0 Å². The van der Waals surface area contributed by atoms with Crippen LogP contribution < -0.4 is 5.32 Å². The predicted octanol–water partition coefficient (Wildman–Crippen LogP) is 4.92. The van der Waals surface area contributed by atoms with E-state index in [0.717, 1.165) is 12.5 Å². The first-order chi connectivity index (χ1) is 9.83. The summed E-state index contributed by atoms with van der Waals surface area (Å²) in [6.07, 6.45) is 15.5. The van der Waals surface area contributed by atoms with E-state index in [1.165, 1.54) is 70.6 Å². The molecule has 0 aliphatic heterocycles. The molecular weight excluding hydrogens is 246 g/mol. The third kappa shape index (κ3) is 7.64. The number of hydrogen-bond donors (Lipinski definition) is 1. The lowest BCUT2D eigenvalue weighted by Gasteiger charge is -2.27. The Hall–Kier alpha value is -0.0800. The molecule has 1 aliphatic carbocycles. The second-order valence-corrected chi connectivity index (χ2v) is 6.51. The summed E-state index contributed by atoms with van der Waals surface area (Å²) in [5.74, 6) is 0.832. The summed E-state index contributed by atoms with van der Waals surface area (Å²) < 4.78 is 5.78. The molecule has 120 valence electrons. The molecule has 1 fully saturated rings. The van der Waals surface area contributed by atoms with Crippen molar-refractivity contribution >= 4 is 0 Å². The van der Waals surface area contributed by atoms with Gasteiger partial charge in [0, 0.05) is 13.2 Å². The second kappa shape index (κ2) is 11.6. The molecule has 0 saturated heterocycles. The first kappa shape index (κ1) is 18.0. The van der Waals surface area contributed by atoms with E-state index in [4.69, 9.17) is 4.74 Å². The van der Waals surface area contributed by atoms with E-state index in [2.05, 4.69) is 19.2 Å². The van der Waals surface area contributed by atoms with Gasteiger partial charge in [0.2, 0.25) is 0 Å². The van der Waals surface area contributed by atoms with Crippen molar-refractivity contribution in [3.63, 3.8) is 0 Å². The highest BCUT2D eigenvalue weighted by atomic mass is 16.5. The summed E-state index contributed by atoms with van der Waals surface area (Å²) in [6, 6.07) is 0.586. The van der Waals surface area contributed by atoms with Gasteiger partial charge in [0.15, 0.2) is 0 Å². The molecule has 0 amide bonds. The molecule has 0 aromatic carbocycles. The average Bonchev–Trinajstić information content (AvgIpc) is 3.28. The van der Waals surface area contributed by atoms with Crippen molar-refractivity contribution in [2.24, 2.45) is 5.92 Å².